The highest BCUT2D eigenvalue weighted by Gasteiger charge is 2.06. The Balaban J connectivity index is 3.25. The van der Waals surface area contributed by atoms with Gasteiger partial charge in [0.2, 0.25) is 0 Å². The summed E-state index contributed by atoms with van der Waals surface area (Å²) in [6.07, 6.45) is 1.82. The molecule has 0 fully saturated rings. The zero-order valence-electron chi connectivity index (χ0n) is 8.08. The number of rotatable bonds is 2. The minimum absolute atomic E-state index is 1.03. The average Bonchev–Trinajstić information content (AvgIpc) is 2.04. The molecule has 0 amide bonds. The molecule has 0 radical (unpaired) electrons. The lowest BCUT2D eigenvalue weighted by molar-refractivity contribution is 1.32. The van der Waals surface area contributed by atoms with Crippen molar-refractivity contribution >= 4 is 40.5 Å². The summed E-state index contributed by atoms with van der Waals surface area (Å²) in [7, 11) is 2.03. The third-order valence-electron chi connectivity index (χ3n) is 1.79. The van der Waals surface area contributed by atoms with Crippen molar-refractivity contribution in [2.75, 3.05) is 10.2 Å². The van der Waals surface area contributed by atoms with E-state index in [0.29, 0.717) is 0 Å². The van der Waals surface area contributed by atoms with Gasteiger partial charge in [-0.25, -0.2) is 0 Å². The first kappa shape index (κ1) is 10.5. The van der Waals surface area contributed by atoms with Gasteiger partial charge in [-0.05, 0) is 25.5 Å². The van der Waals surface area contributed by atoms with Gasteiger partial charge < -0.3 is 3.11 Å². The van der Waals surface area contributed by atoms with E-state index in [0.717, 1.165) is 5.69 Å². The molecule has 70 valence electrons. The minimum Gasteiger partial charge on any atom is -0.316 e. The Labute approximate surface area is 93.2 Å². The molecule has 0 bridgehead atoms. The molecule has 0 saturated heterocycles. The van der Waals surface area contributed by atoms with Crippen LogP contribution in [0.1, 0.15) is 12.5 Å². The molecule has 0 N–H and O–H groups in total. The number of hydrogen-bond acceptors (Lipinski definition) is 2. The van der Waals surface area contributed by atoms with Gasteiger partial charge in [-0.2, -0.15) is 0 Å². The number of aliphatic imine (C=N–C) groups is 1. The minimum atomic E-state index is 1.03. The second-order valence-electron chi connectivity index (χ2n) is 2.81. The van der Waals surface area contributed by atoms with Gasteiger partial charge >= 0.3 is 0 Å². The number of benzene rings is 1. The summed E-state index contributed by atoms with van der Waals surface area (Å²) in [6, 6.07) is 6.15. The molecule has 1 rings (SSSR count). The molecule has 1 aromatic carbocycles. The quantitative estimate of drug-likeness (QED) is 0.462. The molecule has 0 aliphatic heterocycles. The first-order valence-corrected chi connectivity index (χ1v) is 5.11. The summed E-state index contributed by atoms with van der Waals surface area (Å²) >= 11 is 2.26. The van der Waals surface area contributed by atoms with Crippen LogP contribution in [0.3, 0.4) is 0 Å². The van der Waals surface area contributed by atoms with E-state index in [2.05, 4.69) is 44.0 Å². The van der Waals surface area contributed by atoms with Crippen molar-refractivity contribution in [3.8, 4) is 0 Å². The van der Waals surface area contributed by atoms with Crippen molar-refractivity contribution in [2.24, 2.45) is 4.99 Å². The monoisotopic (exact) mass is 288 g/mol. The highest BCUT2D eigenvalue weighted by molar-refractivity contribution is 14.1. The molecule has 0 aliphatic carbocycles. The van der Waals surface area contributed by atoms with E-state index in [4.69, 9.17) is 0 Å². The Bertz CT molecular complexity index is 319. The van der Waals surface area contributed by atoms with Crippen LogP contribution in [0.2, 0.25) is 0 Å². The zero-order valence-corrected chi connectivity index (χ0v) is 10.2. The Morgan fingerprint density at radius 1 is 1.46 bits per heavy atom. The molecule has 0 saturated carbocycles. The van der Waals surface area contributed by atoms with Crippen molar-refractivity contribution in [1.29, 1.82) is 0 Å². The van der Waals surface area contributed by atoms with Gasteiger partial charge in [-0.3, -0.25) is 4.99 Å². The standard InChI is InChI=1S/C10H13IN2/c1-4-12-9-7-5-6-8(2)10(9)13(3)11/h4-7H,1-3H3. The molecule has 0 atom stereocenters. The summed E-state index contributed by atoms with van der Waals surface area (Å²) in [5.41, 5.74) is 3.46. The van der Waals surface area contributed by atoms with E-state index in [9.17, 15) is 0 Å². The highest BCUT2D eigenvalue weighted by atomic mass is 127. The predicted octanol–water partition coefficient (Wildman–Crippen LogP) is 3.50. The molecule has 0 unspecified atom stereocenters. The fourth-order valence-corrected chi connectivity index (χ4v) is 1.92. The first-order chi connectivity index (χ1) is 6.16. The SMILES string of the molecule is CC=Nc1cccc(C)c1N(C)I. The second kappa shape index (κ2) is 4.60. The van der Waals surface area contributed by atoms with Gasteiger partial charge in [0.1, 0.15) is 0 Å². The maximum atomic E-state index is 4.32. The molecule has 1 aromatic rings. The van der Waals surface area contributed by atoms with Crippen LogP contribution in [0.4, 0.5) is 11.4 Å². The highest BCUT2D eigenvalue weighted by Crippen LogP contribution is 2.32. The predicted molar refractivity (Wildman–Crippen MR) is 67.4 cm³/mol. The summed E-state index contributed by atoms with van der Waals surface area (Å²) in [6.45, 7) is 4.03. The topological polar surface area (TPSA) is 15.6 Å². The van der Waals surface area contributed by atoms with Crippen LogP contribution < -0.4 is 3.11 Å². The molecular formula is C10H13IN2. The van der Waals surface area contributed by atoms with Gasteiger partial charge in [0, 0.05) is 13.3 Å². The number of nitrogens with zero attached hydrogens (tertiary/aromatic N) is 2. The molecule has 0 spiro atoms. The molecule has 2 nitrogen and oxygen atoms in total. The summed E-state index contributed by atoms with van der Waals surface area (Å²) < 4.78 is 2.06. The maximum Gasteiger partial charge on any atom is 0.0868 e. The number of aryl methyl sites for hydroxylation is 1. The van der Waals surface area contributed by atoms with Crippen LogP contribution in [0.15, 0.2) is 23.2 Å². The summed E-state index contributed by atoms with van der Waals surface area (Å²) in [5, 5.41) is 0. The van der Waals surface area contributed by atoms with Crippen molar-refractivity contribution in [1.82, 2.24) is 0 Å². The number of anilines is 1. The van der Waals surface area contributed by atoms with E-state index < -0.39 is 0 Å². The maximum absolute atomic E-state index is 4.32. The van der Waals surface area contributed by atoms with Crippen LogP contribution in [0, 0.1) is 6.92 Å². The van der Waals surface area contributed by atoms with E-state index in [-0.39, 0.29) is 0 Å². The van der Waals surface area contributed by atoms with Crippen LogP contribution in [-0.4, -0.2) is 13.3 Å². The smallest absolute Gasteiger partial charge is 0.0868 e. The number of halogens is 1. The first-order valence-electron chi connectivity index (χ1n) is 4.14. The van der Waals surface area contributed by atoms with Crippen LogP contribution in [0.5, 0.6) is 0 Å². The normalized spacial score (nSPS) is 10.8. The fourth-order valence-electron chi connectivity index (χ4n) is 1.29. The lowest BCUT2D eigenvalue weighted by Crippen LogP contribution is -2.01. The van der Waals surface area contributed by atoms with Gasteiger partial charge in [-0.1, -0.05) is 12.1 Å². The third kappa shape index (κ3) is 2.43. The lowest BCUT2D eigenvalue weighted by atomic mass is 10.1. The molecule has 0 heterocycles. The Kier molecular flexibility index (Phi) is 3.71. The molecule has 0 aromatic heterocycles. The van der Waals surface area contributed by atoms with Gasteiger partial charge in [0.05, 0.1) is 34.2 Å². The van der Waals surface area contributed by atoms with Gasteiger partial charge in [0.15, 0.2) is 0 Å². The Morgan fingerprint density at radius 2 is 2.15 bits per heavy atom. The average molecular weight is 288 g/mol. The molecular weight excluding hydrogens is 275 g/mol. The van der Waals surface area contributed by atoms with Gasteiger partial charge in [0.25, 0.3) is 0 Å². The molecule has 0 aliphatic rings. The van der Waals surface area contributed by atoms with Crippen molar-refractivity contribution in [3.63, 3.8) is 0 Å². The fraction of sp³-hybridized carbons (Fsp3) is 0.300. The molecule has 3 heteroatoms. The Hall–Kier alpha value is -0.580. The zero-order chi connectivity index (χ0) is 9.84. The third-order valence-corrected chi connectivity index (χ3v) is 2.28. The van der Waals surface area contributed by atoms with E-state index >= 15 is 0 Å². The summed E-state index contributed by atoms with van der Waals surface area (Å²) in [5.74, 6) is 0. The summed E-state index contributed by atoms with van der Waals surface area (Å²) in [4.78, 5) is 4.32. The van der Waals surface area contributed by atoms with Crippen LogP contribution in [0.25, 0.3) is 0 Å². The van der Waals surface area contributed by atoms with Crippen molar-refractivity contribution in [2.45, 2.75) is 13.8 Å². The van der Waals surface area contributed by atoms with Crippen molar-refractivity contribution in [3.05, 3.63) is 23.8 Å². The molecule has 13 heavy (non-hydrogen) atoms. The van der Waals surface area contributed by atoms with Gasteiger partial charge in [-0.15, -0.1) is 0 Å². The van der Waals surface area contributed by atoms with E-state index in [1.807, 2.05) is 32.3 Å². The Morgan fingerprint density at radius 3 is 2.69 bits per heavy atom. The number of para-hydroxylation sites is 1. The van der Waals surface area contributed by atoms with Crippen LogP contribution >= 0.6 is 22.9 Å². The second-order valence-corrected chi connectivity index (χ2v) is 4.25. The number of hydrogen-bond donors (Lipinski definition) is 0. The largest absolute Gasteiger partial charge is 0.316 e. The van der Waals surface area contributed by atoms with Crippen LogP contribution in [-0.2, 0) is 0 Å². The lowest BCUT2D eigenvalue weighted by Gasteiger charge is -2.15. The van der Waals surface area contributed by atoms with Crippen molar-refractivity contribution < 1.29 is 0 Å². The van der Waals surface area contributed by atoms with E-state index in [1.165, 1.54) is 11.3 Å². The van der Waals surface area contributed by atoms with E-state index in [1.54, 1.807) is 0 Å².